The topological polar surface area (TPSA) is 74.6 Å². The zero-order chi connectivity index (χ0) is 17.4. The Morgan fingerprint density at radius 2 is 1.60 bits per heavy atom. The minimum atomic E-state index is -3.47. The van der Waals surface area contributed by atoms with Crippen molar-refractivity contribution in [2.75, 3.05) is 19.6 Å². The first kappa shape index (κ1) is 16.5. The largest absolute Gasteiger partial charge is 0.390 e. The third-order valence-electron chi connectivity index (χ3n) is 4.70. The average molecular weight is 359 g/mol. The van der Waals surface area contributed by atoms with E-state index in [0.29, 0.717) is 19.6 Å². The molecule has 7 heteroatoms. The van der Waals surface area contributed by atoms with E-state index >= 15 is 0 Å². The summed E-state index contributed by atoms with van der Waals surface area (Å²) >= 11 is 0. The number of rotatable bonds is 4. The summed E-state index contributed by atoms with van der Waals surface area (Å²) in [6, 6.07) is 16.1. The lowest BCUT2D eigenvalue weighted by atomic mass is 10.2. The molecule has 2 aromatic carbocycles. The standard InChI is InChI=1S/C18H21N3O3S/c22-14(12-20-11-5-10-19-25(20,23)24)13-21-17-8-3-1-6-15(17)16-7-2-4-9-18(16)21/h1-4,6-9,14,19,22H,5,10-13H2. The van der Waals surface area contributed by atoms with Gasteiger partial charge in [0, 0.05) is 41.4 Å². The lowest BCUT2D eigenvalue weighted by Crippen LogP contribution is -2.49. The Kier molecular flexibility index (Phi) is 4.24. The van der Waals surface area contributed by atoms with Crippen LogP contribution in [-0.4, -0.2) is 48.1 Å². The molecule has 132 valence electrons. The van der Waals surface area contributed by atoms with E-state index < -0.39 is 16.3 Å². The molecule has 1 aromatic heterocycles. The molecule has 1 saturated heterocycles. The van der Waals surface area contributed by atoms with Crippen LogP contribution < -0.4 is 4.72 Å². The lowest BCUT2D eigenvalue weighted by Gasteiger charge is -2.28. The number of hydrogen-bond donors (Lipinski definition) is 2. The lowest BCUT2D eigenvalue weighted by molar-refractivity contribution is 0.127. The Balaban J connectivity index is 1.65. The highest BCUT2D eigenvalue weighted by Gasteiger charge is 2.27. The van der Waals surface area contributed by atoms with Gasteiger partial charge in [-0.2, -0.15) is 12.7 Å². The summed E-state index contributed by atoms with van der Waals surface area (Å²) < 4.78 is 30.0. The van der Waals surface area contributed by atoms with E-state index in [2.05, 4.69) is 21.4 Å². The maximum atomic E-state index is 12.0. The molecule has 0 spiro atoms. The van der Waals surface area contributed by atoms with Crippen molar-refractivity contribution >= 4 is 32.0 Å². The van der Waals surface area contributed by atoms with Gasteiger partial charge in [-0.1, -0.05) is 36.4 Å². The van der Waals surface area contributed by atoms with Crippen LogP contribution in [0.5, 0.6) is 0 Å². The van der Waals surface area contributed by atoms with Gasteiger partial charge in [0.1, 0.15) is 0 Å². The van der Waals surface area contributed by atoms with Crippen LogP contribution in [-0.2, 0) is 16.8 Å². The number of benzene rings is 2. The predicted molar refractivity (Wildman–Crippen MR) is 98.6 cm³/mol. The van der Waals surface area contributed by atoms with Crippen LogP contribution in [0.1, 0.15) is 6.42 Å². The molecule has 0 aliphatic carbocycles. The van der Waals surface area contributed by atoms with Gasteiger partial charge in [-0.15, -0.1) is 0 Å². The van der Waals surface area contributed by atoms with E-state index in [9.17, 15) is 13.5 Å². The normalized spacial score (nSPS) is 19.4. The monoisotopic (exact) mass is 359 g/mol. The highest BCUT2D eigenvalue weighted by atomic mass is 32.2. The molecule has 0 saturated carbocycles. The van der Waals surface area contributed by atoms with Gasteiger partial charge in [0.05, 0.1) is 12.6 Å². The van der Waals surface area contributed by atoms with Crippen molar-refractivity contribution in [1.29, 1.82) is 0 Å². The van der Waals surface area contributed by atoms with Crippen LogP contribution in [0.2, 0.25) is 0 Å². The number of para-hydroxylation sites is 2. The Bertz CT molecular complexity index is 960. The van der Waals surface area contributed by atoms with Gasteiger partial charge in [-0.3, -0.25) is 0 Å². The summed E-state index contributed by atoms with van der Waals surface area (Å²) in [5.74, 6) is 0. The number of β-amino-alcohol motifs (C(OH)–C–C–N with tert-alkyl or cyclic N) is 1. The molecule has 0 amide bonds. The van der Waals surface area contributed by atoms with Gasteiger partial charge in [0.2, 0.25) is 0 Å². The first-order valence-corrected chi connectivity index (χ1v) is 9.89. The van der Waals surface area contributed by atoms with Crippen molar-refractivity contribution in [3.8, 4) is 0 Å². The van der Waals surface area contributed by atoms with Gasteiger partial charge in [-0.25, -0.2) is 4.72 Å². The summed E-state index contributed by atoms with van der Waals surface area (Å²) in [6.07, 6.45) is -0.0321. The Morgan fingerprint density at radius 3 is 2.20 bits per heavy atom. The Hall–Kier alpha value is -1.93. The molecule has 25 heavy (non-hydrogen) atoms. The van der Waals surface area contributed by atoms with E-state index in [0.717, 1.165) is 28.2 Å². The van der Waals surface area contributed by atoms with Gasteiger partial charge in [0.15, 0.2) is 0 Å². The minimum absolute atomic E-state index is 0.0934. The van der Waals surface area contributed by atoms with Crippen molar-refractivity contribution < 1.29 is 13.5 Å². The van der Waals surface area contributed by atoms with Crippen molar-refractivity contribution in [1.82, 2.24) is 13.6 Å². The quantitative estimate of drug-likeness (QED) is 0.744. The second-order valence-electron chi connectivity index (χ2n) is 6.41. The number of aromatic nitrogens is 1. The van der Waals surface area contributed by atoms with Gasteiger partial charge in [-0.05, 0) is 18.6 Å². The van der Waals surface area contributed by atoms with Gasteiger partial charge >= 0.3 is 0 Å². The highest BCUT2D eigenvalue weighted by Crippen LogP contribution is 2.29. The van der Waals surface area contributed by atoms with Gasteiger partial charge < -0.3 is 9.67 Å². The van der Waals surface area contributed by atoms with Crippen molar-refractivity contribution in [2.45, 2.75) is 19.1 Å². The van der Waals surface area contributed by atoms with E-state index in [1.165, 1.54) is 4.31 Å². The third-order valence-corrected chi connectivity index (χ3v) is 6.28. The summed E-state index contributed by atoms with van der Waals surface area (Å²) in [5, 5.41) is 12.8. The third kappa shape index (κ3) is 3.04. The molecular formula is C18H21N3O3S. The first-order valence-electron chi connectivity index (χ1n) is 8.45. The molecule has 1 fully saturated rings. The molecule has 6 nitrogen and oxygen atoms in total. The summed E-state index contributed by atoms with van der Waals surface area (Å²) in [6.45, 7) is 1.34. The zero-order valence-electron chi connectivity index (χ0n) is 13.8. The van der Waals surface area contributed by atoms with E-state index in [-0.39, 0.29) is 6.54 Å². The van der Waals surface area contributed by atoms with E-state index in [1.807, 2.05) is 36.4 Å². The van der Waals surface area contributed by atoms with Crippen LogP contribution in [0.3, 0.4) is 0 Å². The zero-order valence-corrected chi connectivity index (χ0v) is 14.6. The summed E-state index contributed by atoms with van der Waals surface area (Å²) in [4.78, 5) is 0. The highest BCUT2D eigenvalue weighted by molar-refractivity contribution is 7.87. The molecule has 0 bridgehead atoms. The fourth-order valence-electron chi connectivity index (χ4n) is 3.56. The molecule has 0 radical (unpaired) electrons. The van der Waals surface area contributed by atoms with Gasteiger partial charge in [0.25, 0.3) is 10.2 Å². The molecule has 4 rings (SSSR count). The van der Waals surface area contributed by atoms with Crippen LogP contribution in [0.15, 0.2) is 48.5 Å². The SMILES string of the molecule is O=S1(=O)NCCCN1CC(O)Cn1c2ccccc2c2ccccc21. The molecule has 1 aliphatic heterocycles. The van der Waals surface area contributed by atoms with E-state index in [1.54, 1.807) is 0 Å². The number of nitrogens with one attached hydrogen (secondary N) is 1. The number of nitrogens with zero attached hydrogens (tertiary/aromatic N) is 2. The summed E-state index contributed by atoms with van der Waals surface area (Å²) in [5.41, 5.74) is 2.09. The molecule has 1 unspecified atom stereocenters. The smallest absolute Gasteiger partial charge is 0.279 e. The number of fused-ring (bicyclic) bond motifs is 3. The number of aliphatic hydroxyl groups is 1. The Labute approximate surface area is 146 Å². The van der Waals surface area contributed by atoms with Crippen LogP contribution in [0, 0.1) is 0 Å². The molecule has 2 N–H and O–H groups in total. The molecule has 3 aromatic rings. The first-order chi connectivity index (χ1) is 12.1. The fraction of sp³-hybridized carbons (Fsp3) is 0.333. The van der Waals surface area contributed by atoms with Crippen LogP contribution in [0.4, 0.5) is 0 Å². The second kappa shape index (κ2) is 6.42. The van der Waals surface area contributed by atoms with Crippen molar-refractivity contribution in [3.63, 3.8) is 0 Å². The number of aliphatic hydroxyl groups excluding tert-OH is 1. The molecule has 1 aliphatic rings. The maximum Gasteiger partial charge on any atom is 0.279 e. The predicted octanol–water partition coefficient (Wildman–Crippen LogP) is 1.70. The molecule has 1 atom stereocenters. The Morgan fingerprint density at radius 1 is 1.00 bits per heavy atom. The molecular weight excluding hydrogens is 338 g/mol. The summed E-state index contributed by atoms with van der Waals surface area (Å²) in [7, 11) is -3.47. The maximum absolute atomic E-state index is 12.0. The number of hydrogen-bond acceptors (Lipinski definition) is 3. The average Bonchev–Trinajstić information content (AvgIpc) is 2.91. The van der Waals surface area contributed by atoms with Crippen LogP contribution >= 0.6 is 0 Å². The van der Waals surface area contributed by atoms with E-state index in [4.69, 9.17) is 0 Å². The fourth-order valence-corrected chi connectivity index (χ4v) is 4.88. The second-order valence-corrected chi connectivity index (χ2v) is 8.16. The van der Waals surface area contributed by atoms with Crippen LogP contribution in [0.25, 0.3) is 21.8 Å². The van der Waals surface area contributed by atoms with Crippen molar-refractivity contribution in [2.24, 2.45) is 0 Å². The minimum Gasteiger partial charge on any atom is -0.390 e. The van der Waals surface area contributed by atoms with Crippen molar-refractivity contribution in [3.05, 3.63) is 48.5 Å². The molecule has 2 heterocycles.